The first-order chi connectivity index (χ1) is 13.7. The highest BCUT2D eigenvalue weighted by Gasteiger charge is 2.15. The van der Waals surface area contributed by atoms with Gasteiger partial charge in [-0.05, 0) is 30.3 Å². The van der Waals surface area contributed by atoms with E-state index in [9.17, 15) is 9.59 Å². The molecule has 28 heavy (non-hydrogen) atoms. The van der Waals surface area contributed by atoms with Crippen LogP contribution in [0.15, 0.2) is 41.3 Å². The molecule has 0 saturated carbocycles. The molecule has 0 bridgehead atoms. The number of hydrogen-bond donors (Lipinski definition) is 2. The number of carbonyl (C=O) groups is 2. The third-order valence-electron chi connectivity index (χ3n) is 3.94. The predicted octanol–water partition coefficient (Wildman–Crippen LogP) is 2.67. The van der Waals surface area contributed by atoms with Gasteiger partial charge in [-0.15, -0.1) is 11.8 Å². The van der Waals surface area contributed by atoms with Gasteiger partial charge >= 0.3 is 6.03 Å². The number of thioether (sulfide) groups is 1. The van der Waals surface area contributed by atoms with E-state index in [-0.39, 0.29) is 5.75 Å². The van der Waals surface area contributed by atoms with Gasteiger partial charge < -0.3 is 24.3 Å². The molecule has 0 unspecified atom stereocenters. The minimum atomic E-state index is -0.607. The van der Waals surface area contributed by atoms with Crippen LogP contribution in [0.5, 0.6) is 23.0 Å². The fraction of sp³-hybridized carbons (Fsp3) is 0.263. The monoisotopic (exact) mass is 402 g/mol. The fourth-order valence-corrected chi connectivity index (χ4v) is 3.43. The summed E-state index contributed by atoms with van der Waals surface area (Å²) in [6, 6.07) is 9.92. The van der Waals surface area contributed by atoms with E-state index in [1.165, 1.54) is 11.8 Å². The van der Waals surface area contributed by atoms with Gasteiger partial charge in [0.15, 0.2) is 23.0 Å². The Morgan fingerprint density at radius 2 is 1.43 bits per heavy atom. The molecule has 2 aliphatic rings. The number of rotatable bonds is 4. The summed E-state index contributed by atoms with van der Waals surface area (Å²) < 4.78 is 21.9. The Hall–Kier alpha value is -3.07. The summed E-state index contributed by atoms with van der Waals surface area (Å²) in [6.07, 6.45) is 0. The van der Waals surface area contributed by atoms with Crippen LogP contribution < -0.4 is 29.6 Å². The fourth-order valence-electron chi connectivity index (χ4n) is 2.71. The number of hydrogen-bond acceptors (Lipinski definition) is 7. The first-order valence-corrected chi connectivity index (χ1v) is 9.69. The molecule has 9 heteroatoms. The number of anilines is 1. The molecule has 4 rings (SSSR count). The second-order valence-corrected chi connectivity index (χ2v) is 7.00. The second kappa shape index (κ2) is 8.30. The van der Waals surface area contributed by atoms with Gasteiger partial charge in [0.2, 0.25) is 5.91 Å². The van der Waals surface area contributed by atoms with Crippen LogP contribution in [0.3, 0.4) is 0 Å². The molecule has 0 atom stereocenters. The van der Waals surface area contributed by atoms with Crippen molar-refractivity contribution < 1.29 is 28.5 Å². The molecular formula is C19H18N2O6S. The van der Waals surface area contributed by atoms with Crippen LogP contribution in [0.4, 0.5) is 10.5 Å². The number of benzene rings is 2. The summed E-state index contributed by atoms with van der Waals surface area (Å²) in [4.78, 5) is 24.9. The van der Waals surface area contributed by atoms with E-state index in [2.05, 4.69) is 10.6 Å². The summed E-state index contributed by atoms with van der Waals surface area (Å²) in [5.41, 5.74) is 0.508. The quantitative estimate of drug-likeness (QED) is 0.759. The molecular weight excluding hydrogens is 384 g/mol. The van der Waals surface area contributed by atoms with Gasteiger partial charge in [-0.1, -0.05) is 0 Å². The Labute approximate surface area is 165 Å². The first kappa shape index (κ1) is 18.3. The SMILES string of the molecule is O=C(CSc1ccc2c(c1)OCCO2)NC(=O)Nc1ccc2c(c1)OCCO2. The van der Waals surface area contributed by atoms with Crippen molar-refractivity contribution in [2.45, 2.75) is 4.90 Å². The van der Waals surface area contributed by atoms with Crippen molar-refractivity contribution in [1.29, 1.82) is 0 Å². The highest BCUT2D eigenvalue weighted by molar-refractivity contribution is 8.00. The minimum absolute atomic E-state index is 0.0915. The van der Waals surface area contributed by atoms with Crippen molar-refractivity contribution in [2.75, 3.05) is 37.5 Å². The summed E-state index contributed by atoms with van der Waals surface area (Å²) in [5.74, 6) is 2.23. The topological polar surface area (TPSA) is 95.1 Å². The van der Waals surface area contributed by atoms with Crippen molar-refractivity contribution >= 4 is 29.4 Å². The summed E-state index contributed by atoms with van der Waals surface area (Å²) >= 11 is 1.30. The van der Waals surface area contributed by atoms with Crippen LogP contribution in [0.25, 0.3) is 0 Å². The maximum Gasteiger partial charge on any atom is 0.325 e. The van der Waals surface area contributed by atoms with E-state index in [1.807, 2.05) is 18.2 Å². The van der Waals surface area contributed by atoms with Crippen molar-refractivity contribution in [3.8, 4) is 23.0 Å². The molecule has 8 nitrogen and oxygen atoms in total. The van der Waals surface area contributed by atoms with Crippen molar-refractivity contribution in [3.63, 3.8) is 0 Å². The third-order valence-corrected chi connectivity index (χ3v) is 4.93. The Morgan fingerprint density at radius 3 is 2.14 bits per heavy atom. The Kier molecular flexibility index (Phi) is 5.43. The standard InChI is InChI=1S/C19H18N2O6S/c22-18(11-28-13-2-4-15-17(10-13)27-8-6-25-15)21-19(23)20-12-1-3-14-16(9-12)26-7-5-24-14/h1-4,9-10H,5-8,11H2,(H2,20,21,22,23). The molecule has 2 N–H and O–H groups in total. The Morgan fingerprint density at radius 1 is 0.821 bits per heavy atom. The maximum absolute atomic E-state index is 12.0. The number of carbonyl (C=O) groups excluding carboxylic acids is 2. The van der Waals surface area contributed by atoms with Gasteiger partial charge in [-0.25, -0.2) is 4.79 Å². The van der Waals surface area contributed by atoms with Crippen LogP contribution in [-0.4, -0.2) is 44.1 Å². The molecule has 2 aliphatic heterocycles. The lowest BCUT2D eigenvalue weighted by atomic mass is 10.2. The van der Waals surface area contributed by atoms with Crippen LogP contribution in [0.2, 0.25) is 0 Å². The minimum Gasteiger partial charge on any atom is -0.486 e. The van der Waals surface area contributed by atoms with Crippen molar-refractivity contribution in [1.82, 2.24) is 5.32 Å². The average Bonchev–Trinajstić information content (AvgIpc) is 2.72. The number of nitrogens with one attached hydrogen (secondary N) is 2. The predicted molar refractivity (Wildman–Crippen MR) is 103 cm³/mol. The zero-order valence-corrected chi connectivity index (χ0v) is 15.7. The number of ether oxygens (including phenoxy) is 4. The van der Waals surface area contributed by atoms with E-state index >= 15 is 0 Å². The van der Waals surface area contributed by atoms with Crippen LogP contribution in [0, 0.1) is 0 Å². The number of imide groups is 1. The lowest BCUT2D eigenvalue weighted by molar-refractivity contribution is -0.117. The van der Waals surface area contributed by atoms with Crippen LogP contribution >= 0.6 is 11.8 Å². The molecule has 0 aliphatic carbocycles. The van der Waals surface area contributed by atoms with E-state index in [0.29, 0.717) is 55.1 Å². The largest absolute Gasteiger partial charge is 0.486 e. The Bertz CT molecular complexity index is 904. The lowest BCUT2D eigenvalue weighted by Gasteiger charge is -2.19. The van der Waals surface area contributed by atoms with Gasteiger partial charge in [-0.3, -0.25) is 10.1 Å². The van der Waals surface area contributed by atoms with Crippen molar-refractivity contribution in [2.24, 2.45) is 0 Å². The van der Waals surface area contributed by atoms with Gasteiger partial charge in [0.25, 0.3) is 0 Å². The molecule has 3 amide bonds. The molecule has 0 spiro atoms. The molecule has 2 aromatic carbocycles. The van der Waals surface area contributed by atoms with Gasteiger partial charge in [0.1, 0.15) is 26.4 Å². The van der Waals surface area contributed by atoms with E-state index in [1.54, 1.807) is 18.2 Å². The van der Waals surface area contributed by atoms with Crippen LogP contribution in [-0.2, 0) is 4.79 Å². The van der Waals surface area contributed by atoms with E-state index < -0.39 is 11.9 Å². The van der Waals surface area contributed by atoms with Gasteiger partial charge in [0.05, 0.1) is 5.75 Å². The van der Waals surface area contributed by atoms with Crippen molar-refractivity contribution in [3.05, 3.63) is 36.4 Å². The number of urea groups is 1. The third kappa shape index (κ3) is 4.42. The zero-order chi connectivity index (χ0) is 19.3. The highest BCUT2D eigenvalue weighted by atomic mass is 32.2. The highest BCUT2D eigenvalue weighted by Crippen LogP contribution is 2.34. The molecule has 0 aromatic heterocycles. The molecule has 2 heterocycles. The number of amides is 3. The maximum atomic E-state index is 12.0. The second-order valence-electron chi connectivity index (χ2n) is 5.95. The normalized spacial score (nSPS) is 14.1. The molecule has 2 aromatic rings. The lowest BCUT2D eigenvalue weighted by Crippen LogP contribution is -2.35. The molecule has 146 valence electrons. The molecule has 0 fully saturated rings. The molecule has 0 saturated heterocycles. The van der Waals surface area contributed by atoms with Crippen LogP contribution in [0.1, 0.15) is 0 Å². The smallest absolute Gasteiger partial charge is 0.325 e. The first-order valence-electron chi connectivity index (χ1n) is 8.70. The average molecular weight is 402 g/mol. The summed E-state index contributed by atoms with van der Waals surface area (Å²) in [7, 11) is 0. The van der Waals surface area contributed by atoms with E-state index in [0.717, 1.165) is 4.90 Å². The van der Waals surface area contributed by atoms with Gasteiger partial charge in [-0.2, -0.15) is 0 Å². The van der Waals surface area contributed by atoms with Gasteiger partial charge in [0, 0.05) is 16.6 Å². The molecule has 0 radical (unpaired) electrons. The Balaban J connectivity index is 1.27. The zero-order valence-electron chi connectivity index (χ0n) is 14.9. The summed E-state index contributed by atoms with van der Waals surface area (Å²) in [6.45, 7) is 1.98. The summed E-state index contributed by atoms with van der Waals surface area (Å²) in [5, 5.41) is 4.91. The number of fused-ring (bicyclic) bond motifs is 2. The van der Waals surface area contributed by atoms with E-state index in [4.69, 9.17) is 18.9 Å².